The molecule has 0 spiro atoms. The Morgan fingerprint density at radius 1 is 1.11 bits per heavy atom. The largest absolute Gasteiger partial charge is 0.466 e. The van der Waals surface area contributed by atoms with Gasteiger partial charge in [0.05, 0.1) is 17.7 Å². The third-order valence-electron chi connectivity index (χ3n) is 5.64. The van der Waals surface area contributed by atoms with Crippen LogP contribution in [0, 0.1) is 11.6 Å². The zero-order valence-electron chi connectivity index (χ0n) is 20.8. The number of aromatic nitrogens is 1. The van der Waals surface area contributed by atoms with E-state index in [0.717, 1.165) is 0 Å². The van der Waals surface area contributed by atoms with Crippen LogP contribution in [0.3, 0.4) is 0 Å². The fourth-order valence-electron chi connectivity index (χ4n) is 3.55. The van der Waals surface area contributed by atoms with Crippen LogP contribution in [0.5, 0.6) is 0 Å². The Morgan fingerprint density at radius 3 is 2.66 bits per heavy atom. The number of nitrogens with one attached hydrogen (secondary N) is 2. The van der Waals surface area contributed by atoms with E-state index in [4.69, 9.17) is 21.1 Å². The molecule has 0 saturated heterocycles. The maximum atomic E-state index is 13.7. The Morgan fingerprint density at radius 2 is 1.89 bits per heavy atom. The average Bonchev–Trinajstić information content (AvgIpc) is 2.89. The summed E-state index contributed by atoms with van der Waals surface area (Å²) in [5.41, 5.74) is 0.384. The van der Waals surface area contributed by atoms with Gasteiger partial charge in [0.25, 0.3) is 0 Å². The summed E-state index contributed by atoms with van der Waals surface area (Å²) < 4.78 is 37.4. The Balaban J connectivity index is 1.62. The van der Waals surface area contributed by atoms with E-state index in [-0.39, 0.29) is 43.4 Å². The minimum absolute atomic E-state index is 0.0192. The van der Waals surface area contributed by atoms with Crippen molar-refractivity contribution in [1.82, 2.24) is 15.2 Å². The van der Waals surface area contributed by atoms with Crippen LogP contribution in [0.15, 0.2) is 48.7 Å². The molecule has 9 nitrogen and oxygen atoms in total. The second-order valence-corrected chi connectivity index (χ2v) is 8.64. The molecule has 0 aliphatic heterocycles. The van der Waals surface area contributed by atoms with Crippen LogP contribution >= 0.6 is 11.6 Å². The van der Waals surface area contributed by atoms with E-state index in [1.165, 1.54) is 48.5 Å². The van der Waals surface area contributed by atoms with Gasteiger partial charge in [-0.2, -0.15) is 0 Å². The van der Waals surface area contributed by atoms with Crippen LogP contribution in [0.1, 0.15) is 25.3 Å². The topological polar surface area (TPSA) is 110 Å². The maximum Gasteiger partial charge on any atom is 0.412 e. The molecule has 12 heteroatoms. The minimum atomic E-state index is -0.852. The van der Waals surface area contributed by atoms with Gasteiger partial charge in [0.2, 0.25) is 0 Å². The van der Waals surface area contributed by atoms with Crippen LogP contribution in [0.4, 0.5) is 24.2 Å². The fourth-order valence-corrected chi connectivity index (χ4v) is 3.74. The van der Waals surface area contributed by atoms with Crippen LogP contribution in [0.2, 0.25) is 5.02 Å². The molecule has 1 unspecified atom stereocenters. The standard InChI is InChI=1S/C26H27ClF2N4O5/c1-3-37-23(34)10-9-20(33(2)25(35)31-14-17-5-4-6-21(29)24(17)27)15-38-26(36)32-22-12-18-11-19(28)8-7-16(18)13-30-22/h4-8,11-13,20H,3,9-10,14-15H2,1-2H3,(H,31,35)(H,30,32,36). The molecule has 2 N–H and O–H groups in total. The number of anilines is 1. The molecule has 0 aliphatic rings. The first-order valence-electron chi connectivity index (χ1n) is 11.8. The van der Waals surface area contributed by atoms with Crippen molar-refractivity contribution < 1.29 is 32.6 Å². The van der Waals surface area contributed by atoms with Crippen molar-refractivity contribution in [2.24, 2.45) is 0 Å². The number of carbonyl (C=O) groups excluding carboxylic acids is 3. The number of pyridine rings is 1. The van der Waals surface area contributed by atoms with E-state index in [9.17, 15) is 23.2 Å². The molecule has 0 aliphatic carbocycles. The van der Waals surface area contributed by atoms with Crippen LogP contribution in [0.25, 0.3) is 10.8 Å². The molecule has 1 atom stereocenters. The van der Waals surface area contributed by atoms with E-state index >= 15 is 0 Å². The maximum absolute atomic E-state index is 13.7. The number of ether oxygens (including phenoxy) is 2. The number of halogens is 3. The lowest BCUT2D eigenvalue weighted by atomic mass is 10.1. The third kappa shape index (κ3) is 8.01. The van der Waals surface area contributed by atoms with Crippen molar-refractivity contribution in [2.75, 3.05) is 25.6 Å². The van der Waals surface area contributed by atoms with Gasteiger partial charge in [-0.1, -0.05) is 23.7 Å². The lowest BCUT2D eigenvalue weighted by Gasteiger charge is -2.28. The van der Waals surface area contributed by atoms with Gasteiger partial charge in [-0.15, -0.1) is 0 Å². The molecular formula is C26H27ClF2N4O5. The first-order valence-corrected chi connectivity index (χ1v) is 12.1. The summed E-state index contributed by atoms with van der Waals surface area (Å²) >= 11 is 5.94. The molecule has 0 bridgehead atoms. The summed E-state index contributed by atoms with van der Waals surface area (Å²) in [6.45, 7) is 1.59. The zero-order chi connectivity index (χ0) is 27.7. The lowest BCUT2D eigenvalue weighted by molar-refractivity contribution is -0.143. The van der Waals surface area contributed by atoms with E-state index in [2.05, 4.69) is 15.6 Å². The Labute approximate surface area is 223 Å². The second-order valence-electron chi connectivity index (χ2n) is 8.26. The molecule has 2 aromatic carbocycles. The fraction of sp³-hybridized carbons (Fsp3) is 0.308. The van der Waals surface area contributed by atoms with Crippen molar-refractivity contribution in [2.45, 2.75) is 32.4 Å². The Bertz CT molecular complexity index is 1310. The van der Waals surface area contributed by atoms with E-state index in [1.807, 2.05) is 0 Å². The molecule has 3 rings (SSSR count). The number of amides is 3. The quantitative estimate of drug-likeness (QED) is 0.334. The summed E-state index contributed by atoms with van der Waals surface area (Å²) in [6.07, 6.45) is 0.753. The number of nitrogens with zero attached hydrogens (tertiary/aromatic N) is 2. The molecular weight excluding hydrogens is 522 g/mol. The van der Waals surface area contributed by atoms with Crippen molar-refractivity contribution in [3.05, 3.63) is 70.9 Å². The predicted octanol–water partition coefficient (Wildman–Crippen LogP) is 5.27. The third-order valence-corrected chi connectivity index (χ3v) is 6.06. The number of carbonyl (C=O) groups is 3. The highest BCUT2D eigenvalue weighted by Gasteiger charge is 2.23. The zero-order valence-corrected chi connectivity index (χ0v) is 21.6. The van der Waals surface area contributed by atoms with E-state index in [0.29, 0.717) is 16.3 Å². The summed E-state index contributed by atoms with van der Waals surface area (Å²) in [4.78, 5) is 42.5. The first-order chi connectivity index (χ1) is 18.2. The molecule has 0 radical (unpaired) electrons. The molecule has 1 heterocycles. The van der Waals surface area contributed by atoms with Crippen LogP contribution < -0.4 is 10.6 Å². The number of benzene rings is 2. The molecule has 3 aromatic rings. The molecule has 202 valence electrons. The van der Waals surface area contributed by atoms with Gasteiger partial charge >= 0.3 is 18.1 Å². The summed E-state index contributed by atoms with van der Waals surface area (Å²) in [5.74, 6) is -1.35. The number of rotatable bonds is 10. The number of fused-ring (bicyclic) bond motifs is 1. The van der Waals surface area contributed by atoms with E-state index in [1.54, 1.807) is 19.1 Å². The highest BCUT2D eigenvalue weighted by molar-refractivity contribution is 6.31. The van der Waals surface area contributed by atoms with Gasteiger partial charge in [-0.05, 0) is 54.6 Å². The van der Waals surface area contributed by atoms with Gasteiger partial charge in [0.1, 0.15) is 24.1 Å². The number of urea groups is 1. The highest BCUT2D eigenvalue weighted by atomic mass is 35.5. The van der Waals surface area contributed by atoms with Crippen molar-refractivity contribution in [3.8, 4) is 0 Å². The average molecular weight is 549 g/mol. The van der Waals surface area contributed by atoms with Crippen LogP contribution in [-0.4, -0.2) is 54.3 Å². The van der Waals surface area contributed by atoms with Crippen molar-refractivity contribution in [1.29, 1.82) is 0 Å². The lowest BCUT2D eigenvalue weighted by Crippen LogP contribution is -2.46. The monoisotopic (exact) mass is 548 g/mol. The van der Waals surface area contributed by atoms with Gasteiger partial charge < -0.3 is 19.7 Å². The number of hydrogen-bond donors (Lipinski definition) is 2. The molecule has 0 saturated carbocycles. The Kier molecular flexibility index (Phi) is 10.2. The normalized spacial score (nSPS) is 11.5. The van der Waals surface area contributed by atoms with Crippen LogP contribution in [-0.2, 0) is 20.8 Å². The molecule has 0 fully saturated rings. The van der Waals surface area contributed by atoms with Gasteiger partial charge in [-0.3, -0.25) is 10.1 Å². The molecule has 1 aromatic heterocycles. The Hall–Kier alpha value is -3.99. The predicted molar refractivity (Wildman–Crippen MR) is 138 cm³/mol. The molecule has 38 heavy (non-hydrogen) atoms. The van der Waals surface area contributed by atoms with E-state index < -0.39 is 35.8 Å². The number of esters is 1. The summed E-state index contributed by atoms with van der Waals surface area (Å²) in [6, 6.07) is 8.68. The first kappa shape index (κ1) is 28.6. The number of hydrogen-bond acceptors (Lipinski definition) is 6. The second kappa shape index (κ2) is 13.5. The highest BCUT2D eigenvalue weighted by Crippen LogP contribution is 2.20. The number of likely N-dealkylation sites (N-methyl/N-ethyl adjacent to an activating group) is 1. The minimum Gasteiger partial charge on any atom is -0.466 e. The SMILES string of the molecule is CCOC(=O)CCC(COC(=O)Nc1cc2cc(F)ccc2cn1)N(C)C(=O)NCc1cccc(F)c1Cl. The van der Waals surface area contributed by atoms with Gasteiger partial charge in [0.15, 0.2) is 0 Å². The summed E-state index contributed by atoms with van der Waals surface area (Å²) in [7, 11) is 1.47. The van der Waals surface area contributed by atoms with Crippen molar-refractivity contribution in [3.63, 3.8) is 0 Å². The molecule has 3 amide bonds. The van der Waals surface area contributed by atoms with Gasteiger partial charge in [-0.25, -0.2) is 23.4 Å². The van der Waals surface area contributed by atoms with Crippen molar-refractivity contribution >= 4 is 46.3 Å². The smallest absolute Gasteiger partial charge is 0.412 e. The van der Waals surface area contributed by atoms with Gasteiger partial charge in [0, 0.05) is 31.6 Å². The summed E-state index contributed by atoms with van der Waals surface area (Å²) in [5, 5.41) is 6.23.